The predicted molar refractivity (Wildman–Crippen MR) is 84.3 cm³/mol. The number of nitro groups is 1. The highest BCUT2D eigenvalue weighted by atomic mass is 19.1. The van der Waals surface area contributed by atoms with Gasteiger partial charge in [-0.2, -0.15) is 0 Å². The van der Waals surface area contributed by atoms with E-state index in [0.29, 0.717) is 12.2 Å². The summed E-state index contributed by atoms with van der Waals surface area (Å²) in [4.78, 5) is 22.0. The van der Waals surface area contributed by atoms with Crippen LogP contribution in [0, 0.1) is 15.9 Å². The minimum Gasteiger partial charge on any atom is -0.493 e. The Kier molecular flexibility index (Phi) is 5.67. The van der Waals surface area contributed by atoms with Gasteiger partial charge in [-0.1, -0.05) is 0 Å². The molecule has 126 valence electrons. The summed E-state index contributed by atoms with van der Waals surface area (Å²) >= 11 is 0. The number of nitrogens with zero attached hydrogens (tertiary/aromatic N) is 1. The van der Waals surface area contributed by atoms with Crippen LogP contribution in [-0.2, 0) is 4.74 Å². The average Bonchev–Trinajstić information content (AvgIpc) is 2.56. The maximum atomic E-state index is 12.7. The van der Waals surface area contributed by atoms with Gasteiger partial charge in [-0.15, -0.1) is 0 Å². The first kappa shape index (κ1) is 17.2. The molecule has 0 fully saturated rings. The molecule has 0 aliphatic heterocycles. The highest BCUT2D eigenvalue weighted by Crippen LogP contribution is 2.22. The Morgan fingerprint density at radius 1 is 1.17 bits per heavy atom. The third-order valence-corrected chi connectivity index (χ3v) is 3.07. The van der Waals surface area contributed by atoms with Gasteiger partial charge in [0.05, 0.1) is 23.7 Å². The number of ether oxygens (including phenoxy) is 2. The van der Waals surface area contributed by atoms with Crippen LogP contribution in [0.4, 0.5) is 15.8 Å². The van der Waals surface area contributed by atoms with E-state index in [1.54, 1.807) is 0 Å². The average molecular weight is 334 g/mol. The number of nitro benzene ring substituents is 1. The van der Waals surface area contributed by atoms with Crippen molar-refractivity contribution in [2.24, 2.45) is 0 Å². The van der Waals surface area contributed by atoms with Crippen molar-refractivity contribution < 1.29 is 23.6 Å². The maximum absolute atomic E-state index is 12.7. The molecule has 0 radical (unpaired) electrons. The quantitative estimate of drug-likeness (QED) is 0.274. The molecule has 8 heteroatoms. The van der Waals surface area contributed by atoms with Gasteiger partial charge >= 0.3 is 5.97 Å². The first-order valence-corrected chi connectivity index (χ1v) is 7.07. The van der Waals surface area contributed by atoms with Crippen LogP contribution in [0.3, 0.4) is 0 Å². The van der Waals surface area contributed by atoms with Gasteiger partial charge in [0.2, 0.25) is 0 Å². The normalized spacial score (nSPS) is 10.2. The van der Waals surface area contributed by atoms with Crippen molar-refractivity contribution >= 4 is 17.3 Å². The Morgan fingerprint density at radius 2 is 1.88 bits per heavy atom. The fraction of sp³-hybridized carbons (Fsp3) is 0.188. The summed E-state index contributed by atoms with van der Waals surface area (Å²) in [6.07, 6.45) is 0.417. The molecule has 2 aromatic rings. The zero-order valence-corrected chi connectivity index (χ0v) is 12.6. The van der Waals surface area contributed by atoms with Gasteiger partial charge in [0.1, 0.15) is 17.3 Å². The molecule has 0 saturated heterocycles. The number of hydrogen-bond acceptors (Lipinski definition) is 6. The second-order valence-electron chi connectivity index (χ2n) is 4.82. The van der Waals surface area contributed by atoms with Gasteiger partial charge in [0.25, 0.3) is 5.69 Å². The number of rotatable bonds is 7. The van der Waals surface area contributed by atoms with Crippen molar-refractivity contribution in [3.8, 4) is 5.75 Å². The number of nitrogen functional groups attached to an aromatic ring is 1. The molecule has 0 unspecified atom stereocenters. The zero-order chi connectivity index (χ0) is 17.5. The van der Waals surface area contributed by atoms with Crippen molar-refractivity contribution in [3.05, 3.63) is 64.0 Å². The van der Waals surface area contributed by atoms with Crippen molar-refractivity contribution in [1.82, 2.24) is 0 Å². The molecule has 7 nitrogen and oxygen atoms in total. The van der Waals surface area contributed by atoms with E-state index in [9.17, 15) is 19.3 Å². The van der Waals surface area contributed by atoms with E-state index in [1.165, 1.54) is 36.4 Å². The molecule has 2 N–H and O–H groups in total. The molecule has 0 spiro atoms. The van der Waals surface area contributed by atoms with E-state index in [1.807, 2.05) is 0 Å². The lowest BCUT2D eigenvalue weighted by Gasteiger charge is -2.07. The topological polar surface area (TPSA) is 105 Å². The number of carbonyl (C=O) groups excluding carboxylic acids is 1. The van der Waals surface area contributed by atoms with Crippen LogP contribution in [0.15, 0.2) is 42.5 Å². The lowest BCUT2D eigenvalue weighted by molar-refractivity contribution is -0.383. The maximum Gasteiger partial charge on any atom is 0.338 e. The van der Waals surface area contributed by atoms with Crippen LogP contribution in [0.1, 0.15) is 16.8 Å². The van der Waals surface area contributed by atoms with E-state index >= 15 is 0 Å². The second kappa shape index (κ2) is 7.91. The van der Waals surface area contributed by atoms with Crippen LogP contribution in [0.2, 0.25) is 0 Å². The minimum absolute atomic E-state index is 0.0238. The third-order valence-electron chi connectivity index (χ3n) is 3.07. The molecule has 0 heterocycles. The monoisotopic (exact) mass is 334 g/mol. The molecule has 2 aromatic carbocycles. The molecule has 0 saturated carbocycles. The largest absolute Gasteiger partial charge is 0.493 e. The predicted octanol–water partition coefficient (Wildman–Crippen LogP) is 2.94. The smallest absolute Gasteiger partial charge is 0.338 e. The van der Waals surface area contributed by atoms with Crippen molar-refractivity contribution in [1.29, 1.82) is 0 Å². The van der Waals surface area contributed by atoms with Crippen LogP contribution >= 0.6 is 0 Å². The van der Waals surface area contributed by atoms with Crippen LogP contribution in [0.25, 0.3) is 0 Å². The summed E-state index contributed by atoms with van der Waals surface area (Å²) in [6, 6.07) is 9.27. The number of nitrogens with two attached hydrogens (primary N) is 1. The van der Waals surface area contributed by atoms with E-state index in [-0.39, 0.29) is 36.0 Å². The molecule has 0 aliphatic carbocycles. The number of anilines is 1. The molecule has 0 amide bonds. The SMILES string of the molecule is Nc1ccc(C(=O)OCCCOc2ccc(F)cc2)cc1[N+](=O)[O-]. The third kappa shape index (κ3) is 4.67. The second-order valence-corrected chi connectivity index (χ2v) is 4.82. The summed E-state index contributed by atoms with van der Waals surface area (Å²) in [5.74, 6) is -0.523. The zero-order valence-electron chi connectivity index (χ0n) is 12.6. The van der Waals surface area contributed by atoms with E-state index in [4.69, 9.17) is 15.2 Å². The number of carbonyl (C=O) groups is 1. The van der Waals surface area contributed by atoms with Crippen molar-refractivity contribution in [3.63, 3.8) is 0 Å². The van der Waals surface area contributed by atoms with Crippen LogP contribution in [-0.4, -0.2) is 24.1 Å². The van der Waals surface area contributed by atoms with Crippen LogP contribution < -0.4 is 10.5 Å². The fourth-order valence-corrected chi connectivity index (χ4v) is 1.86. The van der Waals surface area contributed by atoms with E-state index in [2.05, 4.69) is 0 Å². The Morgan fingerprint density at radius 3 is 2.54 bits per heavy atom. The minimum atomic E-state index is -0.681. The molecular weight excluding hydrogens is 319 g/mol. The number of benzene rings is 2. The van der Waals surface area contributed by atoms with Crippen molar-refractivity contribution in [2.75, 3.05) is 18.9 Å². The molecule has 0 aliphatic rings. The number of halogens is 1. The lowest BCUT2D eigenvalue weighted by Crippen LogP contribution is -2.10. The van der Waals surface area contributed by atoms with Crippen molar-refractivity contribution in [2.45, 2.75) is 6.42 Å². The van der Waals surface area contributed by atoms with Gasteiger partial charge in [0.15, 0.2) is 0 Å². The molecular formula is C16H15FN2O5. The van der Waals surface area contributed by atoms with Gasteiger partial charge in [-0.3, -0.25) is 10.1 Å². The number of hydrogen-bond donors (Lipinski definition) is 1. The summed E-state index contributed by atoms with van der Waals surface area (Å²) in [5, 5.41) is 10.8. The Hall–Kier alpha value is -3.16. The van der Waals surface area contributed by atoms with Gasteiger partial charge < -0.3 is 15.2 Å². The van der Waals surface area contributed by atoms with E-state index in [0.717, 1.165) is 6.07 Å². The molecule has 2 rings (SSSR count). The Bertz CT molecular complexity index is 734. The molecule has 24 heavy (non-hydrogen) atoms. The summed E-state index contributed by atoms with van der Waals surface area (Å²) in [6.45, 7) is 0.360. The lowest BCUT2D eigenvalue weighted by atomic mass is 10.2. The fourth-order valence-electron chi connectivity index (χ4n) is 1.86. The summed E-state index contributed by atoms with van der Waals surface area (Å²) < 4.78 is 23.1. The van der Waals surface area contributed by atoms with Gasteiger partial charge in [-0.05, 0) is 36.4 Å². The first-order valence-electron chi connectivity index (χ1n) is 7.07. The summed E-state index contributed by atoms with van der Waals surface area (Å²) in [5.41, 5.74) is 5.15. The Labute approximate surface area is 136 Å². The standard InChI is InChI=1S/C16H15FN2O5/c17-12-3-5-13(6-4-12)23-8-1-9-24-16(20)11-2-7-14(18)15(10-11)19(21)22/h2-7,10H,1,8-9,18H2. The Balaban J connectivity index is 1.78. The molecule has 0 bridgehead atoms. The highest BCUT2D eigenvalue weighted by molar-refractivity contribution is 5.91. The molecule has 0 aromatic heterocycles. The van der Waals surface area contributed by atoms with Gasteiger partial charge in [-0.25, -0.2) is 9.18 Å². The van der Waals surface area contributed by atoms with Crippen LogP contribution in [0.5, 0.6) is 5.75 Å². The van der Waals surface area contributed by atoms with Gasteiger partial charge in [0, 0.05) is 12.5 Å². The number of esters is 1. The highest BCUT2D eigenvalue weighted by Gasteiger charge is 2.16. The summed E-state index contributed by atoms with van der Waals surface area (Å²) in [7, 11) is 0. The molecule has 0 atom stereocenters. The van der Waals surface area contributed by atoms with E-state index < -0.39 is 10.9 Å². The first-order chi connectivity index (χ1) is 11.5.